The van der Waals surface area contributed by atoms with Gasteiger partial charge in [-0.25, -0.2) is 0 Å². The van der Waals surface area contributed by atoms with Crippen LogP contribution in [0, 0.1) is 0 Å². The van der Waals surface area contributed by atoms with Crippen molar-refractivity contribution in [1.82, 2.24) is 20.6 Å². The zero-order valence-electron chi connectivity index (χ0n) is 8.86. The van der Waals surface area contributed by atoms with Gasteiger partial charge in [0.2, 0.25) is 5.78 Å². The molecule has 0 spiro atoms. The summed E-state index contributed by atoms with van der Waals surface area (Å²) in [5, 5.41) is 31.6. The van der Waals surface area contributed by atoms with Crippen LogP contribution in [0.15, 0.2) is 40.2 Å². The predicted molar refractivity (Wildman–Crippen MR) is 56.4 cm³/mol. The minimum absolute atomic E-state index is 0.0425. The van der Waals surface area contributed by atoms with Crippen LogP contribution in [0.3, 0.4) is 0 Å². The Labute approximate surface area is 100 Å². The second kappa shape index (κ2) is 3.84. The van der Waals surface area contributed by atoms with Crippen LogP contribution >= 0.6 is 0 Å². The Bertz CT molecular complexity index is 673. The first-order valence-electron chi connectivity index (χ1n) is 4.98. The van der Waals surface area contributed by atoms with Crippen molar-refractivity contribution in [3.05, 3.63) is 41.1 Å². The van der Waals surface area contributed by atoms with E-state index in [9.17, 15) is 9.90 Å². The summed E-state index contributed by atoms with van der Waals surface area (Å²) in [7, 11) is 0. The highest BCUT2D eigenvalue weighted by molar-refractivity contribution is 6.18. The van der Waals surface area contributed by atoms with Gasteiger partial charge in [-0.1, -0.05) is 35.1 Å². The number of tetrazole rings is 1. The van der Waals surface area contributed by atoms with Gasteiger partial charge in [0, 0.05) is 5.56 Å². The number of H-pyrrole nitrogens is 1. The molecule has 1 aliphatic rings. The lowest BCUT2D eigenvalue weighted by atomic mass is 10.1. The van der Waals surface area contributed by atoms with E-state index in [2.05, 4.69) is 30.9 Å². The Hall–Kier alpha value is -2.90. The lowest BCUT2D eigenvalue weighted by Crippen LogP contribution is -2.02. The molecule has 1 aromatic heterocycles. The van der Waals surface area contributed by atoms with Crippen LogP contribution in [0.25, 0.3) is 5.76 Å². The third kappa shape index (κ3) is 1.47. The van der Waals surface area contributed by atoms with Crippen molar-refractivity contribution in [2.75, 3.05) is 0 Å². The third-order valence-electron chi connectivity index (χ3n) is 2.42. The Morgan fingerprint density at radius 3 is 2.61 bits per heavy atom. The van der Waals surface area contributed by atoms with E-state index in [-0.39, 0.29) is 11.6 Å². The number of hydrogen-bond acceptors (Lipinski definition) is 7. The molecule has 2 aromatic rings. The predicted octanol–water partition coefficient (Wildman–Crippen LogP) is 0.209. The van der Waals surface area contributed by atoms with Crippen molar-refractivity contribution in [1.29, 1.82) is 0 Å². The maximum atomic E-state index is 11.9. The van der Waals surface area contributed by atoms with Gasteiger partial charge in [-0.05, 0) is 10.8 Å². The number of nitrogens with one attached hydrogen (secondary N) is 1. The standard InChI is InChI=1S/C10H6N6O2/c17-8-5-3-1-2-4-6(5)9(18)7(8)11-12-10-13-15-16-14-10/h1-4,17H,(H,13,14,15,16)/p-1. The number of aromatic amines is 1. The Morgan fingerprint density at radius 1 is 1.17 bits per heavy atom. The summed E-state index contributed by atoms with van der Waals surface area (Å²) < 4.78 is 0. The quantitative estimate of drug-likeness (QED) is 0.753. The molecule has 1 aliphatic carbocycles. The molecule has 8 nitrogen and oxygen atoms in total. The van der Waals surface area contributed by atoms with E-state index in [0.29, 0.717) is 11.1 Å². The van der Waals surface area contributed by atoms with Gasteiger partial charge in [0.05, 0.1) is 0 Å². The van der Waals surface area contributed by atoms with Gasteiger partial charge in [0.15, 0.2) is 0 Å². The van der Waals surface area contributed by atoms with Crippen molar-refractivity contribution in [2.24, 2.45) is 10.2 Å². The van der Waals surface area contributed by atoms with Gasteiger partial charge in [0.1, 0.15) is 5.70 Å². The number of allylic oxidation sites excluding steroid dienone is 1. The van der Waals surface area contributed by atoms with Crippen molar-refractivity contribution < 1.29 is 9.90 Å². The number of carbonyl (C=O) groups is 1. The average molecular weight is 241 g/mol. The molecule has 88 valence electrons. The van der Waals surface area contributed by atoms with E-state index < -0.39 is 11.5 Å². The van der Waals surface area contributed by atoms with E-state index in [1.54, 1.807) is 24.3 Å². The topological polar surface area (TPSA) is 119 Å². The molecule has 0 atom stereocenters. The molecule has 0 saturated carbocycles. The zero-order chi connectivity index (χ0) is 12.5. The fourth-order valence-electron chi connectivity index (χ4n) is 1.62. The van der Waals surface area contributed by atoms with E-state index in [1.807, 2.05) is 0 Å². The molecule has 8 heteroatoms. The van der Waals surface area contributed by atoms with Crippen molar-refractivity contribution >= 4 is 17.5 Å². The number of rotatable bonds is 2. The summed E-state index contributed by atoms with van der Waals surface area (Å²) in [5.74, 6) is -0.926. The fourth-order valence-corrected chi connectivity index (χ4v) is 1.62. The Balaban J connectivity index is 2.00. The molecule has 0 fully saturated rings. The molecular formula is C10H5N6O2-. The Morgan fingerprint density at radius 2 is 1.94 bits per heavy atom. The molecule has 1 heterocycles. The lowest BCUT2D eigenvalue weighted by molar-refractivity contribution is -0.244. The monoisotopic (exact) mass is 241 g/mol. The van der Waals surface area contributed by atoms with Crippen LogP contribution in [0.1, 0.15) is 15.9 Å². The van der Waals surface area contributed by atoms with Crippen LogP contribution in [0.2, 0.25) is 0 Å². The fraction of sp³-hybridized carbons (Fsp3) is 0. The number of nitrogens with zero attached hydrogens (tertiary/aromatic N) is 5. The van der Waals surface area contributed by atoms with E-state index in [4.69, 9.17) is 0 Å². The first-order chi connectivity index (χ1) is 8.77. The largest absolute Gasteiger partial charge is 0.870 e. The van der Waals surface area contributed by atoms with Crippen LogP contribution in [-0.4, -0.2) is 26.4 Å². The number of benzene rings is 1. The smallest absolute Gasteiger partial charge is 0.307 e. The summed E-state index contributed by atoms with van der Waals surface area (Å²) >= 11 is 0. The summed E-state index contributed by atoms with van der Waals surface area (Å²) in [6.45, 7) is 0. The van der Waals surface area contributed by atoms with Crippen LogP contribution < -0.4 is 5.11 Å². The van der Waals surface area contributed by atoms with E-state index in [1.165, 1.54) is 0 Å². The molecule has 1 aromatic carbocycles. The highest BCUT2D eigenvalue weighted by atomic mass is 16.3. The summed E-state index contributed by atoms with van der Waals surface area (Å²) in [5.41, 5.74) is 0.440. The van der Waals surface area contributed by atoms with Crippen LogP contribution in [0.4, 0.5) is 5.95 Å². The van der Waals surface area contributed by atoms with Gasteiger partial charge in [0.25, 0.3) is 0 Å². The number of Topliss-reactive ketones (excluding diaryl/α,β-unsaturated/α-hetero) is 1. The Kier molecular flexibility index (Phi) is 2.19. The molecule has 0 radical (unpaired) electrons. The van der Waals surface area contributed by atoms with Crippen molar-refractivity contribution in [2.45, 2.75) is 0 Å². The number of carbonyl (C=O) groups excluding carboxylic acids is 1. The first kappa shape index (κ1) is 10.3. The van der Waals surface area contributed by atoms with Crippen LogP contribution in [-0.2, 0) is 0 Å². The first-order valence-corrected chi connectivity index (χ1v) is 4.98. The number of fused-ring (bicyclic) bond motifs is 1. The number of azo groups is 1. The van der Waals surface area contributed by atoms with E-state index in [0.717, 1.165) is 0 Å². The molecular weight excluding hydrogens is 236 g/mol. The minimum Gasteiger partial charge on any atom is -0.870 e. The third-order valence-corrected chi connectivity index (χ3v) is 2.42. The molecule has 0 aliphatic heterocycles. The van der Waals surface area contributed by atoms with Gasteiger partial charge in [-0.2, -0.15) is 5.21 Å². The van der Waals surface area contributed by atoms with Crippen molar-refractivity contribution in [3.8, 4) is 0 Å². The van der Waals surface area contributed by atoms with Gasteiger partial charge in [-0.3, -0.25) is 4.79 Å². The molecule has 3 rings (SSSR count). The van der Waals surface area contributed by atoms with E-state index >= 15 is 0 Å². The molecule has 0 amide bonds. The van der Waals surface area contributed by atoms with Crippen LogP contribution in [0.5, 0.6) is 0 Å². The second-order valence-corrected chi connectivity index (χ2v) is 3.46. The maximum Gasteiger partial charge on any atom is 0.307 e. The summed E-state index contributed by atoms with van der Waals surface area (Å²) in [6.07, 6.45) is 0. The summed E-state index contributed by atoms with van der Waals surface area (Å²) in [6, 6.07) is 6.52. The highest BCUT2D eigenvalue weighted by Crippen LogP contribution is 2.30. The second-order valence-electron chi connectivity index (χ2n) is 3.46. The highest BCUT2D eigenvalue weighted by Gasteiger charge is 2.24. The SMILES string of the molecule is O=C1C(N=Nc2nn[nH]n2)=C([O-])c2ccccc21. The number of hydrogen-bond donors (Lipinski definition) is 1. The zero-order valence-corrected chi connectivity index (χ0v) is 8.86. The summed E-state index contributed by atoms with van der Waals surface area (Å²) in [4.78, 5) is 11.9. The number of aromatic nitrogens is 4. The van der Waals surface area contributed by atoms with Crippen molar-refractivity contribution in [3.63, 3.8) is 0 Å². The molecule has 0 bridgehead atoms. The average Bonchev–Trinajstić information content (AvgIpc) is 2.98. The molecule has 0 saturated heterocycles. The van der Waals surface area contributed by atoms with Gasteiger partial charge >= 0.3 is 5.95 Å². The lowest BCUT2D eigenvalue weighted by Gasteiger charge is -2.07. The molecule has 18 heavy (non-hydrogen) atoms. The van der Waals surface area contributed by atoms with Gasteiger partial charge in [-0.15, -0.1) is 15.3 Å². The maximum absolute atomic E-state index is 11.9. The minimum atomic E-state index is -0.442. The van der Waals surface area contributed by atoms with Gasteiger partial charge < -0.3 is 5.11 Å². The number of ketones is 1. The normalized spacial score (nSPS) is 14.6. The molecule has 1 N–H and O–H groups in total. The molecule has 0 unspecified atom stereocenters.